The molecule has 1 saturated carbocycles. The van der Waals surface area contributed by atoms with Crippen LogP contribution in [0.5, 0.6) is 5.75 Å². The van der Waals surface area contributed by atoms with E-state index >= 15 is 0 Å². The molecular weight excluding hydrogens is 347 g/mol. The number of aliphatic hydroxyl groups is 3. The molecule has 0 radical (unpaired) electrons. The first-order valence-corrected chi connectivity index (χ1v) is 10.1. The SMILES string of the molecule is OCCCC/C=C\C[C@@H]1[C@@H](CC[C@@H](F)COc2ccccc2)[C@H](O)C[C@@H]1O. The van der Waals surface area contributed by atoms with Gasteiger partial charge in [-0.25, -0.2) is 4.39 Å². The van der Waals surface area contributed by atoms with Gasteiger partial charge in [-0.1, -0.05) is 30.4 Å². The summed E-state index contributed by atoms with van der Waals surface area (Å²) in [5.41, 5.74) is 0. The summed E-state index contributed by atoms with van der Waals surface area (Å²) in [5, 5.41) is 29.3. The number of ether oxygens (including phenoxy) is 1. The van der Waals surface area contributed by atoms with E-state index in [1.54, 1.807) is 12.1 Å². The number of alkyl halides is 1. The first kappa shape index (κ1) is 21.9. The maximum atomic E-state index is 14.2. The van der Waals surface area contributed by atoms with Gasteiger partial charge in [0.15, 0.2) is 0 Å². The predicted molar refractivity (Wildman–Crippen MR) is 104 cm³/mol. The van der Waals surface area contributed by atoms with Crippen molar-refractivity contribution in [2.24, 2.45) is 11.8 Å². The van der Waals surface area contributed by atoms with Gasteiger partial charge in [0.05, 0.1) is 12.2 Å². The number of aliphatic hydroxyl groups excluding tert-OH is 3. The van der Waals surface area contributed by atoms with Gasteiger partial charge in [0.2, 0.25) is 0 Å². The number of hydrogen-bond acceptors (Lipinski definition) is 4. The van der Waals surface area contributed by atoms with Crippen LogP contribution in [0.4, 0.5) is 4.39 Å². The van der Waals surface area contributed by atoms with Crippen LogP contribution in [-0.2, 0) is 0 Å². The molecule has 152 valence electrons. The molecule has 0 aromatic heterocycles. The first-order valence-electron chi connectivity index (χ1n) is 10.1. The Morgan fingerprint density at radius 2 is 1.81 bits per heavy atom. The van der Waals surface area contributed by atoms with Crippen LogP contribution < -0.4 is 4.74 Å². The molecule has 1 aliphatic rings. The average molecular weight is 380 g/mol. The monoisotopic (exact) mass is 380 g/mol. The molecule has 5 atom stereocenters. The van der Waals surface area contributed by atoms with Crippen LogP contribution in [0.15, 0.2) is 42.5 Å². The molecule has 1 aliphatic carbocycles. The molecule has 1 aromatic carbocycles. The Morgan fingerprint density at radius 3 is 2.56 bits per heavy atom. The maximum absolute atomic E-state index is 14.2. The smallest absolute Gasteiger partial charge is 0.134 e. The maximum Gasteiger partial charge on any atom is 0.134 e. The second kappa shape index (κ2) is 12.1. The normalized spacial score (nSPS) is 26.5. The van der Waals surface area contributed by atoms with Crippen molar-refractivity contribution in [2.45, 2.75) is 63.3 Å². The molecule has 2 rings (SSSR count). The van der Waals surface area contributed by atoms with Gasteiger partial charge in [-0.3, -0.25) is 0 Å². The standard InChI is InChI=1S/C22H33FO4/c23-17(16-27-18-9-5-4-6-10-18)12-13-20-19(21(25)15-22(20)26)11-7-2-1-3-8-14-24/h2,4-7,9-10,17,19-22,24-26H,1,3,8,11-16H2/b7-2-/t17-,19-,20-,21+,22-/m1/s1. The molecule has 4 nitrogen and oxygen atoms in total. The number of rotatable bonds is 12. The molecule has 0 saturated heterocycles. The second-order valence-electron chi connectivity index (χ2n) is 7.42. The molecule has 0 unspecified atom stereocenters. The minimum absolute atomic E-state index is 0.00477. The third kappa shape index (κ3) is 7.60. The van der Waals surface area contributed by atoms with E-state index in [0.717, 1.165) is 19.3 Å². The highest BCUT2D eigenvalue weighted by atomic mass is 19.1. The molecule has 1 aromatic rings. The van der Waals surface area contributed by atoms with E-state index in [1.165, 1.54) is 0 Å². The highest BCUT2D eigenvalue weighted by molar-refractivity contribution is 5.20. The third-order valence-electron chi connectivity index (χ3n) is 5.36. The summed E-state index contributed by atoms with van der Waals surface area (Å²) >= 11 is 0. The average Bonchev–Trinajstić information content (AvgIpc) is 2.94. The van der Waals surface area contributed by atoms with Gasteiger partial charge in [-0.05, 0) is 68.9 Å². The van der Waals surface area contributed by atoms with E-state index < -0.39 is 18.4 Å². The zero-order chi connectivity index (χ0) is 19.5. The highest BCUT2D eigenvalue weighted by Crippen LogP contribution is 2.38. The number of unbranched alkanes of at least 4 members (excludes halogenated alkanes) is 2. The zero-order valence-corrected chi connectivity index (χ0v) is 15.9. The predicted octanol–water partition coefficient (Wildman–Crippen LogP) is 3.65. The molecule has 3 N–H and O–H groups in total. The van der Waals surface area contributed by atoms with Crippen molar-refractivity contribution in [1.29, 1.82) is 0 Å². The second-order valence-corrected chi connectivity index (χ2v) is 7.42. The summed E-state index contributed by atoms with van der Waals surface area (Å²) in [6.07, 6.45) is 6.46. The number of benzene rings is 1. The molecule has 0 aliphatic heterocycles. The van der Waals surface area contributed by atoms with Crippen molar-refractivity contribution < 1.29 is 24.4 Å². The number of allylic oxidation sites excluding steroid dienone is 2. The summed E-state index contributed by atoms with van der Waals surface area (Å²) in [6, 6.07) is 9.18. The summed E-state index contributed by atoms with van der Waals surface area (Å²) in [6.45, 7) is 0.215. The van der Waals surface area contributed by atoms with E-state index in [4.69, 9.17) is 9.84 Å². The van der Waals surface area contributed by atoms with Crippen molar-refractivity contribution in [2.75, 3.05) is 13.2 Å². The Kier molecular flexibility index (Phi) is 9.81. The van der Waals surface area contributed by atoms with Crippen molar-refractivity contribution in [1.82, 2.24) is 0 Å². The van der Waals surface area contributed by atoms with E-state index in [-0.39, 0.29) is 25.0 Å². The Bertz CT molecular complexity index is 536. The lowest BCUT2D eigenvalue weighted by atomic mass is 9.86. The topological polar surface area (TPSA) is 69.9 Å². The van der Waals surface area contributed by atoms with Crippen LogP contribution in [0.1, 0.15) is 44.9 Å². The van der Waals surface area contributed by atoms with E-state index in [9.17, 15) is 14.6 Å². The Morgan fingerprint density at radius 1 is 1.07 bits per heavy atom. The van der Waals surface area contributed by atoms with Crippen LogP contribution in [-0.4, -0.2) is 46.9 Å². The molecule has 1 fully saturated rings. The van der Waals surface area contributed by atoms with Gasteiger partial charge >= 0.3 is 0 Å². The van der Waals surface area contributed by atoms with Crippen LogP contribution in [0.25, 0.3) is 0 Å². The molecule has 0 spiro atoms. The van der Waals surface area contributed by atoms with E-state index in [0.29, 0.717) is 31.4 Å². The Labute approximate surface area is 161 Å². The Hall–Kier alpha value is -1.43. The number of halogens is 1. The summed E-state index contributed by atoms with van der Waals surface area (Å²) < 4.78 is 19.7. The van der Waals surface area contributed by atoms with Crippen LogP contribution in [0, 0.1) is 11.8 Å². The van der Waals surface area contributed by atoms with Crippen molar-refractivity contribution in [3.63, 3.8) is 0 Å². The van der Waals surface area contributed by atoms with Crippen LogP contribution in [0.3, 0.4) is 0 Å². The fraction of sp³-hybridized carbons (Fsp3) is 0.636. The van der Waals surface area contributed by atoms with E-state index in [2.05, 4.69) is 6.08 Å². The third-order valence-corrected chi connectivity index (χ3v) is 5.36. The molecule has 0 amide bonds. The lowest BCUT2D eigenvalue weighted by Gasteiger charge is -2.23. The van der Waals surface area contributed by atoms with Gasteiger partial charge < -0.3 is 20.1 Å². The highest BCUT2D eigenvalue weighted by Gasteiger charge is 2.40. The molecular formula is C22H33FO4. The minimum atomic E-state index is -1.09. The van der Waals surface area contributed by atoms with E-state index in [1.807, 2.05) is 24.3 Å². The minimum Gasteiger partial charge on any atom is -0.491 e. The Balaban J connectivity index is 1.74. The van der Waals surface area contributed by atoms with Crippen LogP contribution >= 0.6 is 0 Å². The van der Waals surface area contributed by atoms with Crippen molar-refractivity contribution in [3.8, 4) is 5.75 Å². The van der Waals surface area contributed by atoms with Gasteiger partial charge in [0.1, 0.15) is 18.5 Å². The lowest BCUT2D eigenvalue weighted by molar-refractivity contribution is 0.0955. The summed E-state index contributed by atoms with van der Waals surface area (Å²) in [4.78, 5) is 0. The molecule has 5 heteroatoms. The summed E-state index contributed by atoms with van der Waals surface area (Å²) in [7, 11) is 0. The molecule has 0 heterocycles. The molecule has 27 heavy (non-hydrogen) atoms. The fourth-order valence-electron chi connectivity index (χ4n) is 3.81. The van der Waals surface area contributed by atoms with Gasteiger partial charge in [-0.2, -0.15) is 0 Å². The zero-order valence-electron chi connectivity index (χ0n) is 15.9. The fourth-order valence-corrected chi connectivity index (χ4v) is 3.81. The van der Waals surface area contributed by atoms with Gasteiger partial charge in [0.25, 0.3) is 0 Å². The lowest BCUT2D eigenvalue weighted by Crippen LogP contribution is -2.24. The number of para-hydroxylation sites is 1. The van der Waals surface area contributed by atoms with Gasteiger partial charge in [0, 0.05) is 6.61 Å². The quantitative estimate of drug-likeness (QED) is 0.382. The van der Waals surface area contributed by atoms with Crippen LogP contribution in [0.2, 0.25) is 0 Å². The first-order chi connectivity index (χ1) is 13.1. The van der Waals surface area contributed by atoms with Gasteiger partial charge in [-0.15, -0.1) is 0 Å². The largest absolute Gasteiger partial charge is 0.491 e. The number of hydrogen-bond donors (Lipinski definition) is 3. The summed E-state index contributed by atoms with van der Waals surface area (Å²) in [5.74, 6) is 0.536. The van der Waals surface area contributed by atoms with Crippen molar-refractivity contribution >= 4 is 0 Å². The van der Waals surface area contributed by atoms with Crippen molar-refractivity contribution in [3.05, 3.63) is 42.5 Å². The molecule has 0 bridgehead atoms.